The van der Waals surface area contributed by atoms with Crippen molar-refractivity contribution < 1.29 is 14.9 Å². The van der Waals surface area contributed by atoms with Crippen molar-refractivity contribution in [1.29, 1.82) is 0 Å². The zero-order valence-electron chi connectivity index (χ0n) is 22.4. The van der Waals surface area contributed by atoms with Crippen LogP contribution in [0.1, 0.15) is 113 Å². The number of aliphatic hydroxyl groups excluding tert-OH is 2. The molecule has 6 rings (SSSR count). The van der Waals surface area contributed by atoms with E-state index in [1.54, 1.807) is 0 Å². The Bertz CT molecular complexity index is 834. The van der Waals surface area contributed by atoms with Crippen molar-refractivity contribution >= 4 is 0 Å². The fourth-order valence-corrected chi connectivity index (χ4v) is 11.8. The molecule has 188 valence electrons. The monoisotopic (exact) mass is 458 g/mol. The summed E-state index contributed by atoms with van der Waals surface area (Å²) in [5, 5.41) is 21.5. The number of hydrogen-bond donors (Lipinski definition) is 2. The molecular weight excluding hydrogens is 408 g/mol. The molecule has 0 aromatic heterocycles. The van der Waals surface area contributed by atoms with Gasteiger partial charge in [0.25, 0.3) is 0 Å². The van der Waals surface area contributed by atoms with Crippen LogP contribution in [0, 0.1) is 50.7 Å². The minimum Gasteiger partial charge on any atom is -0.393 e. The van der Waals surface area contributed by atoms with E-state index in [2.05, 4.69) is 48.5 Å². The Morgan fingerprint density at radius 2 is 1.39 bits per heavy atom. The van der Waals surface area contributed by atoms with Gasteiger partial charge in [-0.15, -0.1) is 0 Å². The number of rotatable bonds is 2. The molecule has 3 nitrogen and oxygen atoms in total. The minimum absolute atomic E-state index is 0.0779. The number of ether oxygens (including phenoxy) is 1. The van der Waals surface area contributed by atoms with Crippen molar-refractivity contribution in [2.24, 2.45) is 50.7 Å². The summed E-state index contributed by atoms with van der Waals surface area (Å²) in [5.74, 6) is 2.78. The molecule has 0 aromatic rings. The Morgan fingerprint density at radius 3 is 2.06 bits per heavy atom. The Hall–Kier alpha value is -0.120. The molecule has 6 aliphatic rings. The van der Waals surface area contributed by atoms with Crippen LogP contribution in [0.25, 0.3) is 0 Å². The van der Waals surface area contributed by atoms with Crippen LogP contribution >= 0.6 is 0 Å². The predicted octanol–water partition coefficient (Wildman–Crippen LogP) is 6.35. The number of fused-ring (bicyclic) bond motifs is 2. The van der Waals surface area contributed by atoms with Crippen LogP contribution in [0.2, 0.25) is 0 Å². The smallest absolute Gasteiger partial charge is 0.0889 e. The van der Waals surface area contributed by atoms with E-state index in [9.17, 15) is 10.2 Å². The lowest BCUT2D eigenvalue weighted by Crippen LogP contribution is -2.57. The van der Waals surface area contributed by atoms with Crippen molar-refractivity contribution in [3.05, 3.63) is 0 Å². The van der Waals surface area contributed by atoms with Gasteiger partial charge < -0.3 is 14.9 Å². The van der Waals surface area contributed by atoms with Gasteiger partial charge in [0.1, 0.15) is 0 Å². The Labute approximate surface area is 202 Å². The summed E-state index contributed by atoms with van der Waals surface area (Å²) in [7, 11) is 0. The second-order valence-corrected chi connectivity index (χ2v) is 15.4. The first kappa shape index (κ1) is 23.3. The topological polar surface area (TPSA) is 49.7 Å². The molecule has 0 unspecified atom stereocenters. The summed E-state index contributed by atoms with van der Waals surface area (Å²) in [5.41, 5.74) is 1.55. The van der Waals surface area contributed by atoms with E-state index >= 15 is 0 Å². The van der Waals surface area contributed by atoms with E-state index in [1.807, 2.05) is 0 Å². The molecular formula is C30H50O3. The maximum atomic E-state index is 10.9. The van der Waals surface area contributed by atoms with E-state index in [-0.39, 0.29) is 23.7 Å². The molecule has 1 saturated heterocycles. The Morgan fingerprint density at radius 1 is 0.727 bits per heavy atom. The Balaban J connectivity index is 1.29. The van der Waals surface area contributed by atoms with Crippen LogP contribution in [0.5, 0.6) is 0 Å². The van der Waals surface area contributed by atoms with Gasteiger partial charge in [0, 0.05) is 6.42 Å². The van der Waals surface area contributed by atoms with E-state index in [0.717, 1.165) is 18.8 Å². The molecule has 6 fully saturated rings. The molecule has 2 spiro atoms. The van der Waals surface area contributed by atoms with Gasteiger partial charge in [0.15, 0.2) is 0 Å². The summed E-state index contributed by atoms with van der Waals surface area (Å²) < 4.78 is 6.46. The highest BCUT2D eigenvalue weighted by molar-refractivity contribution is 5.30. The summed E-state index contributed by atoms with van der Waals surface area (Å²) in [6.07, 6.45) is 12.5. The van der Waals surface area contributed by atoms with Crippen molar-refractivity contribution in [2.75, 3.05) is 0 Å². The van der Waals surface area contributed by atoms with Gasteiger partial charge in [0.2, 0.25) is 0 Å². The third-order valence-corrected chi connectivity index (χ3v) is 14.1. The molecule has 5 aliphatic carbocycles. The van der Waals surface area contributed by atoms with Crippen LogP contribution in [0.15, 0.2) is 0 Å². The van der Waals surface area contributed by atoms with Crippen LogP contribution in [0.4, 0.5) is 0 Å². The summed E-state index contributed by atoms with van der Waals surface area (Å²) in [6, 6.07) is 0. The van der Waals surface area contributed by atoms with E-state index in [1.165, 1.54) is 51.4 Å². The maximum Gasteiger partial charge on any atom is 0.0889 e. The first-order chi connectivity index (χ1) is 15.3. The highest BCUT2D eigenvalue weighted by atomic mass is 16.5. The molecule has 5 saturated carbocycles. The van der Waals surface area contributed by atoms with Crippen LogP contribution in [0.3, 0.4) is 0 Å². The second-order valence-electron chi connectivity index (χ2n) is 15.4. The standard InChI is InChI=1S/C30H50O3/c1-18(20-16-24(32)26(4,5)33-20)19-10-12-28(7)22-9-8-21-25(2,3)23(31)11-13-29(21)17-30(22,29)15-14-27(19,28)6/h18-24,31-32H,8-17H2,1-7H3/t18-,19+,20-,21-,22-,23-,24-,27+,28-,29+,30-/m0/s1. The fourth-order valence-electron chi connectivity index (χ4n) is 11.8. The van der Waals surface area contributed by atoms with Crippen LogP contribution in [-0.2, 0) is 4.74 Å². The van der Waals surface area contributed by atoms with Crippen LogP contribution < -0.4 is 0 Å². The largest absolute Gasteiger partial charge is 0.393 e. The molecule has 0 amide bonds. The highest BCUT2D eigenvalue weighted by Gasteiger charge is 2.82. The molecule has 3 heteroatoms. The third-order valence-electron chi connectivity index (χ3n) is 14.1. The molecule has 0 bridgehead atoms. The van der Waals surface area contributed by atoms with Gasteiger partial charge in [-0.1, -0.05) is 34.6 Å². The normalized spacial score (nSPS) is 59.2. The van der Waals surface area contributed by atoms with Gasteiger partial charge in [-0.2, -0.15) is 0 Å². The second kappa shape index (κ2) is 6.60. The predicted molar refractivity (Wildman–Crippen MR) is 132 cm³/mol. The zero-order chi connectivity index (χ0) is 23.8. The fraction of sp³-hybridized carbons (Fsp3) is 1.00. The van der Waals surface area contributed by atoms with Crippen LogP contribution in [-0.4, -0.2) is 34.1 Å². The number of aliphatic hydroxyl groups is 2. The van der Waals surface area contributed by atoms with Crippen molar-refractivity contribution in [2.45, 2.75) is 137 Å². The van der Waals surface area contributed by atoms with Gasteiger partial charge >= 0.3 is 0 Å². The third kappa shape index (κ3) is 2.59. The molecule has 0 aromatic carbocycles. The number of hydrogen-bond acceptors (Lipinski definition) is 3. The lowest BCUT2D eigenvalue weighted by Gasteiger charge is -2.63. The average molecular weight is 459 g/mol. The van der Waals surface area contributed by atoms with E-state index < -0.39 is 5.60 Å². The van der Waals surface area contributed by atoms with E-state index in [4.69, 9.17) is 4.74 Å². The lowest BCUT2D eigenvalue weighted by molar-refractivity contribution is -0.166. The van der Waals surface area contributed by atoms with Crippen molar-refractivity contribution in [3.8, 4) is 0 Å². The van der Waals surface area contributed by atoms with Crippen molar-refractivity contribution in [3.63, 3.8) is 0 Å². The zero-order valence-corrected chi connectivity index (χ0v) is 22.4. The molecule has 0 radical (unpaired) electrons. The molecule has 33 heavy (non-hydrogen) atoms. The minimum atomic E-state index is -0.407. The first-order valence-electron chi connectivity index (χ1n) is 14.3. The van der Waals surface area contributed by atoms with E-state index in [0.29, 0.717) is 39.4 Å². The maximum absolute atomic E-state index is 10.9. The average Bonchev–Trinajstić information content (AvgIpc) is 3.21. The van der Waals surface area contributed by atoms with Crippen molar-refractivity contribution in [1.82, 2.24) is 0 Å². The van der Waals surface area contributed by atoms with Gasteiger partial charge in [-0.05, 0) is 122 Å². The SMILES string of the molecule is C[C@H]([C@@H]1C[C@H](O)C(C)(C)O1)[C@H]1CC[C@@]2(C)[C@@H]3CC[C@H]4C(C)(C)[C@@H](O)CC[C@@]45C[C@@]35CC[C@]12C. The molecule has 2 N–H and O–H groups in total. The quantitative estimate of drug-likeness (QED) is 0.507. The first-order valence-corrected chi connectivity index (χ1v) is 14.3. The summed E-state index contributed by atoms with van der Waals surface area (Å²) >= 11 is 0. The molecule has 1 aliphatic heterocycles. The van der Waals surface area contributed by atoms with Gasteiger partial charge in [-0.25, -0.2) is 0 Å². The Kier molecular flexibility index (Phi) is 4.66. The summed E-state index contributed by atoms with van der Waals surface area (Å²) in [6.45, 7) is 16.6. The molecule has 1 heterocycles. The molecule has 11 atom stereocenters. The lowest BCUT2D eigenvalue weighted by atomic mass is 9.41. The highest BCUT2D eigenvalue weighted by Crippen LogP contribution is 2.89. The van der Waals surface area contributed by atoms with Gasteiger partial charge in [-0.3, -0.25) is 0 Å². The van der Waals surface area contributed by atoms with Gasteiger partial charge in [0.05, 0.1) is 23.9 Å². The summed E-state index contributed by atoms with van der Waals surface area (Å²) in [4.78, 5) is 0.